The summed E-state index contributed by atoms with van der Waals surface area (Å²) in [5.41, 5.74) is 7.56. The second kappa shape index (κ2) is 37.1. The lowest BCUT2D eigenvalue weighted by atomic mass is 9.99. The van der Waals surface area contributed by atoms with Gasteiger partial charge in [-0.2, -0.15) is 14.9 Å². The Bertz CT molecular complexity index is 5550. The van der Waals surface area contributed by atoms with Crippen LogP contribution in [-0.4, -0.2) is 88.5 Å². The smallest absolute Gasteiger partial charge is 0.296 e. The van der Waals surface area contributed by atoms with Crippen molar-refractivity contribution in [2.45, 2.75) is 130 Å². The quantitative estimate of drug-likeness (QED) is 0.0657. The molecule has 7 aromatic carbocycles. The zero-order chi connectivity index (χ0) is 82.8. The molecule has 0 radical (unpaired) electrons. The molecule has 6 aliphatic rings. The fraction of sp³-hybridized carbons (Fsp3) is 0.355. The molecule has 0 N–H and O–H groups in total. The Balaban J connectivity index is 0.000000130. The van der Waals surface area contributed by atoms with Crippen LogP contribution in [0.25, 0.3) is 66.4 Å². The van der Waals surface area contributed by atoms with E-state index in [1.807, 2.05) is 73.7 Å². The first-order valence-electron chi connectivity index (χ1n) is 40.3. The molecule has 11 aromatic rings. The van der Waals surface area contributed by atoms with Gasteiger partial charge in [0, 0.05) is 74.6 Å². The lowest BCUT2D eigenvalue weighted by Crippen LogP contribution is -2.37. The number of anilines is 4. The molecule has 0 amide bonds. The number of thiazole rings is 2. The third-order valence-electron chi connectivity index (χ3n) is 22.9. The molecule has 0 unspecified atom stereocenters. The van der Waals surface area contributed by atoms with Crippen LogP contribution in [0.2, 0.25) is 0 Å². The Hall–Kier alpha value is -12.0. The van der Waals surface area contributed by atoms with E-state index < -0.39 is 34.6 Å². The third-order valence-corrected chi connectivity index (χ3v) is 25.0. The predicted octanol–water partition coefficient (Wildman–Crippen LogP) is 21.6. The fourth-order valence-corrected chi connectivity index (χ4v) is 17.0. The molecule has 17 rings (SSSR count). The van der Waals surface area contributed by atoms with E-state index in [0.717, 1.165) is 131 Å². The maximum Gasteiger partial charge on any atom is 0.296 e. The molecule has 2 saturated carbocycles. The van der Waals surface area contributed by atoms with E-state index in [1.165, 1.54) is 99.7 Å². The Morgan fingerprint density at radius 1 is 0.458 bits per heavy atom. The number of ether oxygens (including phenoxy) is 2. The summed E-state index contributed by atoms with van der Waals surface area (Å²) in [5, 5.41) is 21.0. The van der Waals surface area contributed by atoms with Crippen LogP contribution in [0.3, 0.4) is 0 Å². The zero-order valence-corrected chi connectivity index (χ0v) is 68.5. The lowest BCUT2D eigenvalue weighted by molar-refractivity contribution is 0.316. The zero-order valence-electron chi connectivity index (χ0n) is 66.8. The van der Waals surface area contributed by atoms with Gasteiger partial charge >= 0.3 is 0 Å². The van der Waals surface area contributed by atoms with Gasteiger partial charge in [-0.25, -0.2) is 47.2 Å². The topological polar surface area (TPSA) is 183 Å². The van der Waals surface area contributed by atoms with E-state index in [1.54, 1.807) is 53.0 Å². The van der Waals surface area contributed by atoms with Crippen molar-refractivity contribution in [3.05, 3.63) is 258 Å². The van der Waals surface area contributed by atoms with Crippen LogP contribution >= 0.6 is 22.7 Å². The molecular weight excluding hydrogens is 1540 g/mol. The summed E-state index contributed by atoms with van der Waals surface area (Å²) in [5.74, 6) is 1.76. The average molecular weight is 1630 g/mol. The Labute approximate surface area is 692 Å². The molecule has 25 heteroatoms. The van der Waals surface area contributed by atoms with E-state index in [-0.39, 0.29) is 39.7 Å². The number of rotatable bonds is 16. The summed E-state index contributed by atoms with van der Waals surface area (Å²) in [6.45, 7) is 32.2. The van der Waals surface area contributed by atoms with Crippen molar-refractivity contribution in [2.75, 3.05) is 79.1 Å². The van der Waals surface area contributed by atoms with E-state index in [2.05, 4.69) is 74.2 Å². The summed E-state index contributed by atoms with van der Waals surface area (Å²) in [7, 11) is 1.60. The molecule has 604 valence electrons. The van der Waals surface area contributed by atoms with Gasteiger partial charge in [0.25, 0.3) is 11.1 Å². The summed E-state index contributed by atoms with van der Waals surface area (Å²) in [4.78, 5) is 60.9. The Kier molecular flexibility index (Phi) is 25.9. The predicted molar refractivity (Wildman–Crippen MR) is 456 cm³/mol. The minimum Gasteiger partial charge on any atom is -0.486 e. The number of nitriles is 2. The minimum absolute atomic E-state index is 0.00224. The van der Waals surface area contributed by atoms with Crippen molar-refractivity contribution in [1.82, 2.24) is 29.1 Å². The van der Waals surface area contributed by atoms with Gasteiger partial charge in [0.15, 0.2) is 16.1 Å². The van der Waals surface area contributed by atoms with Gasteiger partial charge in [0.1, 0.15) is 70.9 Å². The molecule has 18 nitrogen and oxygen atoms in total. The maximum atomic E-state index is 15.4. The number of aromatic nitrogens is 6. The van der Waals surface area contributed by atoms with Crippen LogP contribution < -0.4 is 40.2 Å². The number of benzene rings is 7. The maximum absolute atomic E-state index is 15.4. The van der Waals surface area contributed by atoms with Crippen molar-refractivity contribution < 1.29 is 31.4 Å². The molecule has 0 atom stereocenters. The summed E-state index contributed by atoms with van der Waals surface area (Å²) < 4.78 is 86.9. The van der Waals surface area contributed by atoms with Crippen molar-refractivity contribution in [2.24, 2.45) is 23.7 Å². The monoisotopic (exact) mass is 1630 g/mol. The molecule has 0 spiro atoms. The van der Waals surface area contributed by atoms with Gasteiger partial charge in [-0.15, -0.1) is 0 Å². The largest absolute Gasteiger partial charge is 0.486 e. The molecular formula is C93H91F5N14O4S2. The summed E-state index contributed by atoms with van der Waals surface area (Å²) in [6, 6.07) is 46.8. The Morgan fingerprint density at radius 2 is 0.839 bits per heavy atom. The highest BCUT2D eigenvalue weighted by atomic mass is 32.1. The van der Waals surface area contributed by atoms with E-state index in [9.17, 15) is 27.2 Å². The fourth-order valence-electron chi connectivity index (χ4n) is 15.1. The third kappa shape index (κ3) is 19.0. The highest BCUT2D eigenvalue weighted by Crippen LogP contribution is 2.45. The first-order valence-corrected chi connectivity index (χ1v) is 41.9. The number of halogens is 5. The molecule has 118 heavy (non-hydrogen) atoms. The van der Waals surface area contributed by atoms with E-state index >= 15 is 4.39 Å². The average Bonchev–Trinajstić information content (AvgIpc) is 1.25. The first kappa shape index (κ1) is 82.5. The molecule has 0 bridgehead atoms. The number of nitrogens with zero attached hydrogens (tertiary/aromatic N) is 14. The highest BCUT2D eigenvalue weighted by Gasteiger charge is 2.32. The van der Waals surface area contributed by atoms with Gasteiger partial charge in [0.05, 0.1) is 48.3 Å². The van der Waals surface area contributed by atoms with Crippen LogP contribution in [0.4, 0.5) is 55.2 Å². The van der Waals surface area contributed by atoms with E-state index in [4.69, 9.17) is 43.1 Å². The molecule has 4 aliphatic heterocycles. The summed E-state index contributed by atoms with van der Waals surface area (Å²) >= 11 is 2.99. The van der Waals surface area contributed by atoms with E-state index in [0.29, 0.717) is 116 Å². The van der Waals surface area contributed by atoms with Crippen molar-refractivity contribution in [3.8, 4) is 78.9 Å². The van der Waals surface area contributed by atoms with Gasteiger partial charge in [-0.05, 0) is 197 Å². The van der Waals surface area contributed by atoms with Crippen molar-refractivity contribution in [1.29, 1.82) is 10.5 Å². The molecule has 2 aliphatic carbocycles. The van der Waals surface area contributed by atoms with Crippen LogP contribution in [-0.2, 0) is 6.61 Å². The van der Waals surface area contributed by atoms with Gasteiger partial charge in [0.2, 0.25) is 27.3 Å². The Morgan fingerprint density at radius 3 is 1.24 bits per heavy atom. The number of methoxy groups -OCH3 is 1. The van der Waals surface area contributed by atoms with Crippen LogP contribution in [0.15, 0.2) is 161 Å². The highest BCUT2D eigenvalue weighted by molar-refractivity contribution is 7.18. The first-order chi connectivity index (χ1) is 57.2. The van der Waals surface area contributed by atoms with Crippen LogP contribution in [0, 0.1) is 95.5 Å². The van der Waals surface area contributed by atoms with Crippen molar-refractivity contribution in [3.63, 3.8) is 0 Å². The normalized spacial score (nSPS) is 15.9. The number of piperidine rings is 4. The van der Waals surface area contributed by atoms with Gasteiger partial charge in [-0.1, -0.05) is 141 Å². The van der Waals surface area contributed by atoms with Gasteiger partial charge < -0.3 is 29.1 Å². The number of hydrogen-bond acceptors (Lipinski definition) is 16. The second-order valence-corrected chi connectivity index (χ2v) is 33.4. The van der Waals surface area contributed by atoms with Gasteiger partial charge in [-0.3, -0.25) is 18.7 Å². The standard InChI is InChI=1S/C27H27FN4O.C26H24F2N4O.C23H22FN3OS.C17H18FN3OS/c1-17-12-14-31(15-13-17)25-18(2)27(33)32(22-9-6-20(7-10-22)19-4-5-19)26(30-25)21-8-11-24(29-3)23(28)16-21;1-16-11-13-31(14-12-16)25-23(28)26(33)32(20-8-5-18(6-9-20)17-3-4-17)24(30-25)19-7-10-22(29-2)21(27)15-19;1-16-9-11-27(12-10-16)23-26-21(18-7-8-19(14-25)20(24)13-18)22(29-23)28-15-17-5-3-2-4-6-17;1-11-5-7-21(8-6-11)17-20-15(16(22-2)23-17)12-3-4-13(10-19)14(18)9-12/h6-11,16-17,19H,4-5,12-15H2,1-2H3;5-10,15-17H,3-4,11-14H2,1H3;2-8,13,16H,9-12,15H2,1H3;3-4,9,11H,5-8H2,1-2H3. The molecule has 8 heterocycles. The molecule has 4 aromatic heterocycles. The SMILES string of the molecule is CC1CCN(c2nc(-c3ccc(C#N)c(F)c3)c(OCc3ccccc3)s2)CC1.COc1sc(N2CCC(C)CC2)nc1-c1ccc(C#N)c(F)c1.[C-]#[N+]c1ccc(-c2nc(N3CCC(C)CC3)c(C)c(=O)n2-c2ccc(C3CC3)cc2)cc1F.[C-]#[N+]c1ccc(-c2nc(N3CCC(C)CC3)c(F)c(=O)n2-c2ccc(C3CC3)cc2)cc1F. The number of hydrogen-bond donors (Lipinski definition) is 0. The second-order valence-electron chi connectivity index (χ2n) is 31.6. The van der Waals surface area contributed by atoms with Crippen LogP contribution in [0.5, 0.6) is 10.1 Å². The minimum atomic E-state index is -0.905. The molecule has 4 saturated heterocycles. The summed E-state index contributed by atoms with van der Waals surface area (Å²) in [6.07, 6.45) is 13.2. The van der Waals surface area contributed by atoms with Crippen molar-refractivity contribution >= 4 is 55.9 Å². The lowest BCUT2D eigenvalue weighted by Gasteiger charge is -2.32. The molecule has 6 fully saturated rings. The van der Waals surface area contributed by atoms with Crippen LogP contribution in [0.1, 0.15) is 150 Å².